The van der Waals surface area contributed by atoms with Crippen LogP contribution in [0, 0.1) is 0 Å². The molecule has 48 heavy (non-hydrogen) atoms. The average molecular weight is 620 g/mol. The van der Waals surface area contributed by atoms with E-state index >= 15 is 0 Å². The summed E-state index contributed by atoms with van der Waals surface area (Å²) in [4.78, 5) is 5.64. The molecule has 7 aromatic rings. The Morgan fingerprint density at radius 2 is 1.50 bits per heavy atom. The highest BCUT2D eigenvalue weighted by Gasteiger charge is 2.44. The first-order valence-corrected chi connectivity index (χ1v) is 17.3. The van der Waals surface area contributed by atoms with Gasteiger partial charge in [0.05, 0.1) is 22.8 Å². The van der Waals surface area contributed by atoms with E-state index in [-0.39, 0.29) is 11.5 Å². The molecule has 10 rings (SSSR count). The van der Waals surface area contributed by atoms with Crippen LogP contribution in [-0.2, 0) is 11.8 Å². The van der Waals surface area contributed by atoms with Gasteiger partial charge in [0.15, 0.2) is 0 Å². The largest absolute Gasteiger partial charge is 0.348 e. The summed E-state index contributed by atoms with van der Waals surface area (Å²) in [5.74, 6) is 1.38. The molecule has 1 aromatic heterocycles. The number of nitrogens with zero attached hydrogens (tertiary/aromatic N) is 2. The van der Waals surface area contributed by atoms with Crippen molar-refractivity contribution < 1.29 is 0 Å². The fourth-order valence-electron chi connectivity index (χ4n) is 8.95. The Hall–Kier alpha value is -5.41. The van der Waals surface area contributed by atoms with Crippen LogP contribution in [0.5, 0.6) is 0 Å². The van der Waals surface area contributed by atoms with Gasteiger partial charge >= 0.3 is 0 Å². The molecule has 0 bridgehead atoms. The summed E-state index contributed by atoms with van der Waals surface area (Å²) in [6, 6.07) is 42.8. The van der Waals surface area contributed by atoms with Crippen molar-refractivity contribution in [3.63, 3.8) is 0 Å². The summed E-state index contributed by atoms with van der Waals surface area (Å²) >= 11 is 0. The van der Waals surface area contributed by atoms with Crippen molar-refractivity contribution in [1.29, 1.82) is 0 Å². The van der Waals surface area contributed by atoms with Crippen molar-refractivity contribution in [2.24, 2.45) is 4.99 Å². The third kappa shape index (κ3) is 3.91. The fourth-order valence-corrected chi connectivity index (χ4v) is 8.95. The number of hydrogen-bond acceptors (Lipinski definition) is 2. The molecule has 1 aliphatic heterocycles. The molecule has 0 radical (unpaired) electrons. The van der Waals surface area contributed by atoms with Gasteiger partial charge in [0, 0.05) is 27.3 Å². The molecule has 2 unspecified atom stereocenters. The molecule has 2 atom stereocenters. The maximum Gasteiger partial charge on any atom is 0.209 e. The monoisotopic (exact) mass is 619 g/mol. The van der Waals surface area contributed by atoms with Gasteiger partial charge in [0.2, 0.25) is 5.96 Å². The van der Waals surface area contributed by atoms with Gasteiger partial charge in [0.1, 0.15) is 0 Å². The predicted octanol–water partition coefficient (Wildman–Crippen LogP) is 10.7. The van der Waals surface area contributed by atoms with Gasteiger partial charge < -0.3 is 5.32 Å². The van der Waals surface area contributed by atoms with E-state index in [1.165, 1.54) is 76.7 Å². The SMILES string of the molecule is CC1CC=Cc2c1ccc1c3cc4ccccc4cc3n(C3=NC4=C(C(Cc5ccc6ccccc6c5)N3)C(C)(C)c3ccccc34)c21. The minimum atomic E-state index is -0.149. The second kappa shape index (κ2) is 10.0. The Morgan fingerprint density at radius 3 is 2.33 bits per heavy atom. The van der Waals surface area contributed by atoms with Crippen molar-refractivity contribution >= 4 is 61.1 Å². The van der Waals surface area contributed by atoms with Crippen molar-refractivity contribution in [3.05, 3.63) is 155 Å². The number of fused-ring (bicyclic) bond motifs is 9. The second-order valence-electron chi connectivity index (χ2n) is 14.5. The van der Waals surface area contributed by atoms with Crippen LogP contribution in [-0.4, -0.2) is 16.6 Å². The summed E-state index contributed by atoms with van der Waals surface area (Å²) in [7, 11) is 0. The maximum absolute atomic E-state index is 5.64. The van der Waals surface area contributed by atoms with Gasteiger partial charge in [-0.05, 0) is 74.7 Å². The number of hydrogen-bond donors (Lipinski definition) is 1. The van der Waals surface area contributed by atoms with Gasteiger partial charge in [-0.25, -0.2) is 4.99 Å². The van der Waals surface area contributed by atoms with E-state index in [0.717, 1.165) is 24.5 Å². The molecule has 1 N–H and O–H groups in total. The third-order valence-corrected chi connectivity index (χ3v) is 11.3. The van der Waals surface area contributed by atoms with Crippen molar-refractivity contribution in [3.8, 4) is 0 Å². The summed E-state index contributed by atoms with van der Waals surface area (Å²) in [6.07, 6.45) is 6.63. The van der Waals surface area contributed by atoms with Crippen LogP contribution in [0.15, 0.2) is 132 Å². The van der Waals surface area contributed by atoms with Gasteiger partial charge in [-0.2, -0.15) is 0 Å². The fraction of sp³-hybridized carbons (Fsp3) is 0.178. The number of aromatic nitrogens is 1. The lowest BCUT2D eigenvalue weighted by Gasteiger charge is -2.35. The molecule has 3 aliphatic rings. The first-order chi connectivity index (χ1) is 23.5. The number of aliphatic imine (C=N–C) groups is 1. The Bertz CT molecular complexity index is 2590. The van der Waals surface area contributed by atoms with E-state index < -0.39 is 0 Å². The van der Waals surface area contributed by atoms with Crippen LogP contribution in [0.25, 0.3) is 55.1 Å². The van der Waals surface area contributed by atoms with E-state index in [2.05, 4.69) is 158 Å². The predicted molar refractivity (Wildman–Crippen MR) is 203 cm³/mol. The van der Waals surface area contributed by atoms with Gasteiger partial charge in [-0.15, -0.1) is 0 Å². The smallest absolute Gasteiger partial charge is 0.209 e. The quantitative estimate of drug-likeness (QED) is 0.205. The van der Waals surface area contributed by atoms with Crippen molar-refractivity contribution in [1.82, 2.24) is 9.88 Å². The highest BCUT2D eigenvalue weighted by atomic mass is 15.2. The molecule has 3 nitrogen and oxygen atoms in total. The molecule has 6 aromatic carbocycles. The topological polar surface area (TPSA) is 29.3 Å². The standard InChI is InChI=1S/C45H37N3/c1-27-11-10-17-34-33(27)21-22-35-37-25-31-14-6-7-15-32(31)26-40(37)48(43(34)35)44-46-39(24-28-19-20-29-12-4-5-13-30(29)23-28)41-42(47-44)36-16-8-9-18-38(36)45(41,2)3/h4-10,12-23,25-27,39H,11,24H2,1-3H3,(H,46,47). The molecule has 2 aliphatic carbocycles. The summed E-state index contributed by atoms with van der Waals surface area (Å²) in [6.45, 7) is 7.10. The maximum atomic E-state index is 5.64. The zero-order valence-corrected chi connectivity index (χ0v) is 27.6. The van der Waals surface area contributed by atoms with Crippen LogP contribution < -0.4 is 5.32 Å². The molecular formula is C45H37N3. The van der Waals surface area contributed by atoms with Crippen LogP contribution in [0.1, 0.15) is 60.9 Å². The van der Waals surface area contributed by atoms with E-state index in [1.807, 2.05) is 0 Å². The number of benzene rings is 6. The molecule has 3 heteroatoms. The molecule has 0 saturated carbocycles. The van der Waals surface area contributed by atoms with Gasteiger partial charge in [-0.1, -0.05) is 136 Å². The summed E-state index contributed by atoms with van der Waals surface area (Å²) in [5, 5.41) is 11.7. The zero-order valence-electron chi connectivity index (χ0n) is 27.6. The van der Waals surface area contributed by atoms with Crippen LogP contribution in [0.4, 0.5) is 0 Å². The van der Waals surface area contributed by atoms with Crippen molar-refractivity contribution in [2.75, 3.05) is 0 Å². The first-order valence-electron chi connectivity index (χ1n) is 17.3. The molecule has 0 fully saturated rings. The van der Waals surface area contributed by atoms with E-state index in [0.29, 0.717) is 5.92 Å². The molecule has 0 saturated heterocycles. The van der Waals surface area contributed by atoms with E-state index in [1.54, 1.807) is 0 Å². The minimum Gasteiger partial charge on any atom is -0.348 e. The van der Waals surface area contributed by atoms with Crippen LogP contribution >= 0.6 is 0 Å². The molecular weight excluding hydrogens is 583 g/mol. The van der Waals surface area contributed by atoms with Gasteiger partial charge in [0.25, 0.3) is 0 Å². The minimum absolute atomic E-state index is 0.0676. The molecule has 0 spiro atoms. The van der Waals surface area contributed by atoms with Crippen LogP contribution in [0.3, 0.4) is 0 Å². The molecule has 232 valence electrons. The Morgan fingerprint density at radius 1 is 0.771 bits per heavy atom. The Kier molecular flexibility index (Phi) is 5.79. The highest BCUT2D eigenvalue weighted by molar-refractivity contribution is 6.19. The van der Waals surface area contributed by atoms with E-state index in [4.69, 9.17) is 4.99 Å². The Labute approximate surface area is 280 Å². The lowest BCUT2D eigenvalue weighted by molar-refractivity contribution is 0.535. The van der Waals surface area contributed by atoms with E-state index in [9.17, 15) is 0 Å². The number of rotatable bonds is 2. The molecule has 0 amide bonds. The summed E-state index contributed by atoms with van der Waals surface area (Å²) < 4.78 is 2.45. The average Bonchev–Trinajstić information content (AvgIpc) is 3.55. The Balaban J connectivity index is 1.25. The summed E-state index contributed by atoms with van der Waals surface area (Å²) in [5.41, 5.74) is 11.4. The zero-order chi connectivity index (χ0) is 32.1. The molecule has 2 heterocycles. The first kappa shape index (κ1) is 27.7. The van der Waals surface area contributed by atoms with Gasteiger partial charge in [-0.3, -0.25) is 4.57 Å². The van der Waals surface area contributed by atoms with Crippen LogP contribution in [0.2, 0.25) is 0 Å². The number of allylic oxidation sites excluding steroid dienone is 1. The van der Waals surface area contributed by atoms with Crippen molar-refractivity contribution in [2.45, 2.75) is 51.0 Å². The third-order valence-electron chi connectivity index (χ3n) is 11.3. The number of nitrogens with one attached hydrogen (secondary N) is 1. The highest BCUT2D eigenvalue weighted by Crippen LogP contribution is 2.50. The normalized spacial score (nSPS) is 19.4. The second-order valence-corrected chi connectivity index (χ2v) is 14.5. The lowest BCUT2D eigenvalue weighted by Crippen LogP contribution is -2.46. The lowest BCUT2D eigenvalue weighted by atomic mass is 9.76.